The Morgan fingerprint density at radius 1 is 1.17 bits per heavy atom. The summed E-state index contributed by atoms with van der Waals surface area (Å²) in [6.45, 7) is 10.3. The van der Waals surface area contributed by atoms with Crippen LogP contribution in [0.15, 0.2) is 6.07 Å². The summed E-state index contributed by atoms with van der Waals surface area (Å²) in [6.07, 6.45) is 2.41. The summed E-state index contributed by atoms with van der Waals surface area (Å²) in [5.41, 5.74) is 0.995. The van der Waals surface area contributed by atoms with E-state index in [2.05, 4.69) is 51.8 Å². The van der Waals surface area contributed by atoms with Gasteiger partial charge in [-0.25, -0.2) is 4.98 Å². The monoisotopic (exact) mass is 331 g/mol. The smallest absolute Gasteiger partial charge is 0.254 e. The van der Waals surface area contributed by atoms with E-state index in [1.165, 1.54) is 12.8 Å². The Hall–Kier alpha value is -1.73. The third-order valence-electron chi connectivity index (χ3n) is 4.60. The maximum Gasteiger partial charge on any atom is 0.254 e. The van der Waals surface area contributed by atoms with Crippen LogP contribution in [0.1, 0.15) is 31.3 Å². The Morgan fingerprint density at radius 2 is 1.92 bits per heavy atom. The molecule has 0 spiro atoms. The zero-order valence-electron chi connectivity index (χ0n) is 15.4. The van der Waals surface area contributed by atoms with Crippen molar-refractivity contribution in [2.75, 3.05) is 51.7 Å². The molecule has 1 aliphatic rings. The highest BCUT2D eigenvalue weighted by Crippen LogP contribution is 2.18. The number of hydrogen-bond acceptors (Lipinski definition) is 6. The minimum absolute atomic E-state index is 0.711. The average Bonchev–Trinajstić information content (AvgIpc) is 2.95. The molecule has 132 valence electrons. The third kappa shape index (κ3) is 3.84. The van der Waals surface area contributed by atoms with Crippen molar-refractivity contribution in [1.82, 2.24) is 29.4 Å². The van der Waals surface area contributed by atoms with Gasteiger partial charge in [0.2, 0.25) is 0 Å². The van der Waals surface area contributed by atoms with Crippen LogP contribution in [-0.4, -0.2) is 76.2 Å². The first-order valence-electron chi connectivity index (χ1n) is 8.92. The number of hydrogen-bond donors (Lipinski definition) is 0. The van der Waals surface area contributed by atoms with E-state index in [4.69, 9.17) is 5.10 Å². The second-order valence-corrected chi connectivity index (χ2v) is 6.88. The Kier molecular flexibility index (Phi) is 5.30. The number of unbranched alkanes of at least 4 members (excludes halogenated alkanes) is 1. The number of rotatable bonds is 6. The molecule has 0 saturated carbocycles. The van der Waals surface area contributed by atoms with Crippen molar-refractivity contribution >= 4 is 11.6 Å². The van der Waals surface area contributed by atoms with Crippen LogP contribution < -0.4 is 4.90 Å². The first-order chi connectivity index (χ1) is 11.6. The van der Waals surface area contributed by atoms with Gasteiger partial charge in [-0.1, -0.05) is 13.3 Å². The largest absolute Gasteiger partial charge is 0.354 e. The van der Waals surface area contributed by atoms with Crippen LogP contribution in [0.5, 0.6) is 0 Å². The fraction of sp³-hybridized carbons (Fsp3) is 0.706. The van der Waals surface area contributed by atoms with Crippen LogP contribution in [-0.2, 0) is 6.54 Å². The van der Waals surface area contributed by atoms with E-state index in [1.54, 1.807) is 0 Å². The summed E-state index contributed by atoms with van der Waals surface area (Å²) < 4.78 is 1.92. The van der Waals surface area contributed by atoms with E-state index in [0.29, 0.717) is 5.78 Å². The molecule has 0 N–H and O–H groups in total. The Bertz CT molecular complexity index is 673. The molecule has 0 amide bonds. The van der Waals surface area contributed by atoms with Gasteiger partial charge < -0.3 is 9.80 Å². The minimum atomic E-state index is 0.711. The zero-order chi connectivity index (χ0) is 17.1. The predicted octanol–water partition coefficient (Wildman–Crippen LogP) is 1.42. The van der Waals surface area contributed by atoms with Gasteiger partial charge in [0.1, 0.15) is 5.82 Å². The molecule has 2 aromatic rings. The van der Waals surface area contributed by atoms with Gasteiger partial charge in [-0.2, -0.15) is 9.50 Å². The number of nitrogens with zero attached hydrogens (tertiary/aromatic N) is 7. The number of aryl methyl sites for hydroxylation is 1. The molecule has 1 fully saturated rings. The van der Waals surface area contributed by atoms with E-state index >= 15 is 0 Å². The van der Waals surface area contributed by atoms with E-state index in [0.717, 1.165) is 56.6 Å². The van der Waals surface area contributed by atoms with Gasteiger partial charge in [-0.05, 0) is 34.0 Å². The maximum absolute atomic E-state index is 4.74. The highest BCUT2D eigenvalue weighted by atomic mass is 15.4. The molecule has 3 heterocycles. The van der Waals surface area contributed by atoms with Gasteiger partial charge in [0.15, 0.2) is 5.82 Å². The number of likely N-dealkylation sites (N-methyl/N-ethyl adjacent to an activating group) is 1. The maximum atomic E-state index is 4.74. The normalized spacial score (nSPS) is 16.5. The highest BCUT2D eigenvalue weighted by molar-refractivity contribution is 5.48. The third-order valence-corrected chi connectivity index (χ3v) is 4.60. The molecular weight excluding hydrogens is 302 g/mol. The average molecular weight is 331 g/mol. The van der Waals surface area contributed by atoms with E-state index in [-0.39, 0.29) is 0 Å². The molecule has 0 aromatic carbocycles. The summed E-state index contributed by atoms with van der Waals surface area (Å²) in [7, 11) is 4.30. The van der Waals surface area contributed by atoms with Crippen molar-refractivity contribution < 1.29 is 0 Å². The van der Waals surface area contributed by atoms with Gasteiger partial charge in [0, 0.05) is 37.9 Å². The lowest BCUT2D eigenvalue weighted by Gasteiger charge is -2.33. The molecule has 1 saturated heterocycles. The molecule has 1 aliphatic heterocycles. The standard InChI is InChI=1S/C17H29N7/c1-5-6-7-22(4)13-15-19-17-18-14(2)12-16(24(17)20-15)23-10-8-21(3)9-11-23/h12H,5-11,13H2,1-4H3. The number of aromatic nitrogens is 4. The molecule has 2 aromatic heterocycles. The summed E-state index contributed by atoms with van der Waals surface area (Å²) in [4.78, 5) is 16.3. The zero-order valence-corrected chi connectivity index (χ0v) is 15.4. The van der Waals surface area contributed by atoms with Crippen molar-refractivity contribution in [2.24, 2.45) is 0 Å². The van der Waals surface area contributed by atoms with Crippen LogP contribution in [0, 0.1) is 6.92 Å². The van der Waals surface area contributed by atoms with Gasteiger partial charge in [0.25, 0.3) is 5.78 Å². The van der Waals surface area contributed by atoms with Crippen LogP contribution in [0.2, 0.25) is 0 Å². The van der Waals surface area contributed by atoms with E-state index < -0.39 is 0 Å². The predicted molar refractivity (Wildman–Crippen MR) is 96.5 cm³/mol. The molecule has 0 bridgehead atoms. The lowest BCUT2D eigenvalue weighted by atomic mass is 10.3. The van der Waals surface area contributed by atoms with Gasteiger partial charge in [-0.3, -0.25) is 4.90 Å². The topological polar surface area (TPSA) is 52.8 Å². The molecule has 24 heavy (non-hydrogen) atoms. The summed E-state index contributed by atoms with van der Waals surface area (Å²) in [5, 5.41) is 4.74. The Morgan fingerprint density at radius 3 is 2.62 bits per heavy atom. The lowest BCUT2D eigenvalue weighted by Crippen LogP contribution is -2.45. The molecule has 0 radical (unpaired) electrons. The molecule has 0 atom stereocenters. The molecular formula is C17H29N7. The van der Waals surface area contributed by atoms with E-state index in [9.17, 15) is 0 Å². The van der Waals surface area contributed by atoms with Gasteiger partial charge in [-0.15, -0.1) is 5.10 Å². The highest BCUT2D eigenvalue weighted by Gasteiger charge is 2.19. The van der Waals surface area contributed by atoms with Crippen molar-refractivity contribution in [2.45, 2.75) is 33.2 Å². The van der Waals surface area contributed by atoms with Crippen LogP contribution >= 0.6 is 0 Å². The van der Waals surface area contributed by atoms with Crippen LogP contribution in [0.3, 0.4) is 0 Å². The van der Waals surface area contributed by atoms with Crippen molar-refractivity contribution in [1.29, 1.82) is 0 Å². The lowest BCUT2D eigenvalue weighted by molar-refractivity contribution is 0.310. The van der Waals surface area contributed by atoms with Gasteiger partial charge in [0.05, 0.1) is 6.54 Å². The second kappa shape index (κ2) is 7.44. The molecule has 0 aliphatic carbocycles. The van der Waals surface area contributed by atoms with Crippen LogP contribution in [0.4, 0.5) is 5.82 Å². The Labute approximate surface area is 144 Å². The minimum Gasteiger partial charge on any atom is -0.354 e. The molecule has 7 heteroatoms. The molecule has 3 rings (SSSR count). The summed E-state index contributed by atoms with van der Waals surface area (Å²) in [6, 6.07) is 2.12. The van der Waals surface area contributed by atoms with Crippen molar-refractivity contribution in [3.05, 3.63) is 17.6 Å². The number of piperazine rings is 1. The molecule has 7 nitrogen and oxygen atoms in total. The van der Waals surface area contributed by atoms with Crippen molar-refractivity contribution in [3.63, 3.8) is 0 Å². The second-order valence-electron chi connectivity index (χ2n) is 6.88. The first kappa shape index (κ1) is 17.1. The van der Waals surface area contributed by atoms with Crippen LogP contribution in [0.25, 0.3) is 5.78 Å². The summed E-state index contributed by atoms with van der Waals surface area (Å²) in [5.74, 6) is 2.67. The van der Waals surface area contributed by atoms with E-state index in [1.807, 2.05) is 11.4 Å². The SMILES string of the molecule is CCCCN(C)Cc1nc2nc(C)cc(N3CCN(C)CC3)n2n1. The quantitative estimate of drug-likeness (QED) is 0.798. The fourth-order valence-electron chi connectivity index (χ4n) is 3.09. The summed E-state index contributed by atoms with van der Waals surface area (Å²) >= 11 is 0. The first-order valence-corrected chi connectivity index (χ1v) is 8.92. The Balaban J connectivity index is 1.84. The number of fused-ring (bicyclic) bond motifs is 1. The molecule has 0 unspecified atom stereocenters. The fourth-order valence-corrected chi connectivity index (χ4v) is 3.09. The van der Waals surface area contributed by atoms with Gasteiger partial charge >= 0.3 is 0 Å². The van der Waals surface area contributed by atoms with Crippen molar-refractivity contribution in [3.8, 4) is 0 Å². The number of anilines is 1.